The van der Waals surface area contributed by atoms with Crippen LogP contribution in [0.25, 0.3) is 0 Å². The van der Waals surface area contributed by atoms with Crippen LogP contribution in [0.5, 0.6) is 0 Å². The summed E-state index contributed by atoms with van der Waals surface area (Å²) in [6.45, 7) is 0. The van der Waals surface area contributed by atoms with Crippen molar-refractivity contribution in [2.45, 2.75) is 19.3 Å². The standard InChI is InChI=1S/C12H18O8/c1-17-8(13)5-6-12(10(15)19-3,11(16)20-4)7-9(14)18-2/h5-7H2,1-4H3. The number of hydrogen-bond donors (Lipinski definition) is 0. The molecule has 0 atom stereocenters. The Kier molecular flexibility index (Phi) is 7.27. The Balaban J connectivity index is 5.42. The molecule has 0 saturated carbocycles. The maximum atomic E-state index is 11.9. The van der Waals surface area contributed by atoms with Crippen molar-refractivity contribution in [3.8, 4) is 0 Å². The molecule has 0 aliphatic carbocycles. The molecule has 0 unspecified atom stereocenters. The summed E-state index contributed by atoms with van der Waals surface area (Å²) in [5, 5.41) is 0. The molecular formula is C12H18O8. The molecule has 20 heavy (non-hydrogen) atoms. The van der Waals surface area contributed by atoms with Gasteiger partial charge in [-0.25, -0.2) is 0 Å². The monoisotopic (exact) mass is 290 g/mol. The fourth-order valence-electron chi connectivity index (χ4n) is 1.65. The fourth-order valence-corrected chi connectivity index (χ4v) is 1.65. The van der Waals surface area contributed by atoms with E-state index in [0.29, 0.717) is 0 Å². The summed E-state index contributed by atoms with van der Waals surface area (Å²) < 4.78 is 18.0. The minimum atomic E-state index is -1.93. The van der Waals surface area contributed by atoms with E-state index < -0.39 is 35.7 Å². The predicted molar refractivity (Wildman–Crippen MR) is 64.3 cm³/mol. The molecule has 0 spiro atoms. The van der Waals surface area contributed by atoms with E-state index in [9.17, 15) is 19.2 Å². The van der Waals surface area contributed by atoms with Gasteiger partial charge in [0.1, 0.15) is 0 Å². The van der Waals surface area contributed by atoms with Crippen LogP contribution in [0.4, 0.5) is 0 Å². The fraction of sp³-hybridized carbons (Fsp3) is 0.667. The molecule has 0 saturated heterocycles. The molecule has 8 heteroatoms. The number of carbonyl (C=O) groups is 4. The Morgan fingerprint density at radius 1 is 0.750 bits per heavy atom. The Morgan fingerprint density at radius 3 is 1.55 bits per heavy atom. The first-order chi connectivity index (χ1) is 9.37. The summed E-state index contributed by atoms with van der Waals surface area (Å²) in [7, 11) is 4.41. The molecule has 0 aliphatic heterocycles. The molecule has 114 valence electrons. The molecule has 0 aliphatic rings. The largest absolute Gasteiger partial charge is 0.469 e. The van der Waals surface area contributed by atoms with Crippen LogP contribution in [-0.2, 0) is 38.1 Å². The molecule has 0 rings (SSSR count). The van der Waals surface area contributed by atoms with Crippen LogP contribution < -0.4 is 0 Å². The Bertz CT molecular complexity index is 371. The van der Waals surface area contributed by atoms with E-state index >= 15 is 0 Å². The first-order valence-corrected chi connectivity index (χ1v) is 5.68. The summed E-state index contributed by atoms with van der Waals surface area (Å²) in [4.78, 5) is 46.4. The molecule has 8 nitrogen and oxygen atoms in total. The van der Waals surface area contributed by atoms with Crippen molar-refractivity contribution in [1.82, 2.24) is 0 Å². The molecule has 0 N–H and O–H groups in total. The average molecular weight is 290 g/mol. The van der Waals surface area contributed by atoms with E-state index in [1.54, 1.807) is 0 Å². The highest BCUT2D eigenvalue weighted by Gasteiger charge is 2.50. The average Bonchev–Trinajstić information content (AvgIpc) is 2.48. The minimum absolute atomic E-state index is 0.252. The molecule has 0 fully saturated rings. The zero-order chi connectivity index (χ0) is 15.8. The molecule has 0 aromatic carbocycles. The SMILES string of the molecule is COC(=O)CCC(CC(=O)OC)(C(=O)OC)C(=O)OC. The van der Waals surface area contributed by atoms with Gasteiger partial charge >= 0.3 is 23.9 Å². The van der Waals surface area contributed by atoms with Crippen molar-refractivity contribution in [3.05, 3.63) is 0 Å². The zero-order valence-corrected chi connectivity index (χ0v) is 11.9. The van der Waals surface area contributed by atoms with Crippen LogP contribution >= 0.6 is 0 Å². The smallest absolute Gasteiger partial charge is 0.323 e. The molecule has 0 heterocycles. The van der Waals surface area contributed by atoms with Gasteiger partial charge in [-0.1, -0.05) is 0 Å². The minimum Gasteiger partial charge on any atom is -0.469 e. The van der Waals surface area contributed by atoms with Gasteiger partial charge in [-0.3, -0.25) is 19.2 Å². The summed E-state index contributed by atoms with van der Waals surface area (Å²) in [5.74, 6) is -3.38. The highest BCUT2D eigenvalue weighted by molar-refractivity contribution is 6.03. The van der Waals surface area contributed by atoms with Crippen LogP contribution in [-0.4, -0.2) is 52.3 Å². The third-order valence-corrected chi connectivity index (χ3v) is 2.81. The number of rotatable bonds is 7. The second-order valence-electron chi connectivity index (χ2n) is 3.89. The van der Waals surface area contributed by atoms with Gasteiger partial charge in [0.05, 0.1) is 34.9 Å². The van der Waals surface area contributed by atoms with Crippen LogP contribution in [0.1, 0.15) is 19.3 Å². The van der Waals surface area contributed by atoms with Gasteiger partial charge in [0, 0.05) is 6.42 Å². The van der Waals surface area contributed by atoms with Gasteiger partial charge in [0.2, 0.25) is 0 Å². The van der Waals surface area contributed by atoms with Crippen LogP contribution in [0.3, 0.4) is 0 Å². The molecule has 0 radical (unpaired) electrons. The number of carbonyl (C=O) groups excluding carboxylic acids is 4. The van der Waals surface area contributed by atoms with E-state index in [4.69, 9.17) is 0 Å². The molecular weight excluding hydrogens is 272 g/mol. The van der Waals surface area contributed by atoms with Crippen molar-refractivity contribution >= 4 is 23.9 Å². The lowest BCUT2D eigenvalue weighted by atomic mass is 9.80. The number of methoxy groups -OCH3 is 4. The van der Waals surface area contributed by atoms with Crippen LogP contribution in [0.15, 0.2) is 0 Å². The zero-order valence-electron chi connectivity index (χ0n) is 11.9. The third-order valence-electron chi connectivity index (χ3n) is 2.81. The highest BCUT2D eigenvalue weighted by Crippen LogP contribution is 2.32. The summed E-state index contributed by atoms with van der Waals surface area (Å²) >= 11 is 0. The molecule has 0 amide bonds. The van der Waals surface area contributed by atoms with E-state index in [1.807, 2.05) is 0 Å². The van der Waals surface area contributed by atoms with Gasteiger partial charge < -0.3 is 18.9 Å². The number of hydrogen-bond acceptors (Lipinski definition) is 8. The lowest BCUT2D eigenvalue weighted by Crippen LogP contribution is -2.43. The lowest BCUT2D eigenvalue weighted by Gasteiger charge is -2.26. The van der Waals surface area contributed by atoms with Crippen LogP contribution in [0.2, 0.25) is 0 Å². The van der Waals surface area contributed by atoms with Crippen molar-refractivity contribution in [2.75, 3.05) is 28.4 Å². The van der Waals surface area contributed by atoms with Gasteiger partial charge in [-0.15, -0.1) is 0 Å². The van der Waals surface area contributed by atoms with E-state index in [2.05, 4.69) is 18.9 Å². The maximum absolute atomic E-state index is 11.9. The quantitative estimate of drug-likeness (QED) is 0.361. The summed E-state index contributed by atoms with van der Waals surface area (Å²) in [5.41, 5.74) is -1.93. The molecule has 0 aromatic heterocycles. The van der Waals surface area contributed by atoms with Crippen molar-refractivity contribution in [2.24, 2.45) is 5.41 Å². The second-order valence-corrected chi connectivity index (χ2v) is 3.89. The van der Waals surface area contributed by atoms with Crippen molar-refractivity contribution in [1.29, 1.82) is 0 Å². The lowest BCUT2D eigenvalue weighted by molar-refractivity contribution is -0.175. The maximum Gasteiger partial charge on any atom is 0.323 e. The number of ether oxygens (including phenoxy) is 4. The van der Waals surface area contributed by atoms with Gasteiger partial charge in [-0.05, 0) is 6.42 Å². The van der Waals surface area contributed by atoms with Gasteiger partial charge in [0.15, 0.2) is 5.41 Å². The van der Waals surface area contributed by atoms with Gasteiger partial charge in [0.25, 0.3) is 0 Å². The van der Waals surface area contributed by atoms with E-state index in [1.165, 1.54) is 7.11 Å². The van der Waals surface area contributed by atoms with Crippen molar-refractivity contribution in [3.63, 3.8) is 0 Å². The Hall–Kier alpha value is -2.12. The topological polar surface area (TPSA) is 105 Å². The number of esters is 4. The van der Waals surface area contributed by atoms with Crippen molar-refractivity contribution < 1.29 is 38.1 Å². The van der Waals surface area contributed by atoms with E-state index in [0.717, 1.165) is 21.3 Å². The first kappa shape index (κ1) is 17.9. The summed E-state index contributed by atoms with van der Waals surface area (Å²) in [6.07, 6.45) is -1.12. The summed E-state index contributed by atoms with van der Waals surface area (Å²) in [6, 6.07) is 0. The third kappa shape index (κ3) is 4.22. The Labute approximate surface area is 116 Å². The molecule has 0 aromatic rings. The normalized spacial score (nSPS) is 10.4. The predicted octanol–water partition coefficient (Wildman–Crippen LogP) is -0.165. The first-order valence-electron chi connectivity index (χ1n) is 5.68. The Morgan fingerprint density at radius 2 is 1.20 bits per heavy atom. The highest BCUT2D eigenvalue weighted by atomic mass is 16.6. The molecule has 0 bridgehead atoms. The second kappa shape index (κ2) is 8.13. The van der Waals surface area contributed by atoms with Gasteiger partial charge in [-0.2, -0.15) is 0 Å². The van der Waals surface area contributed by atoms with E-state index in [-0.39, 0.29) is 12.8 Å². The van der Waals surface area contributed by atoms with Crippen LogP contribution in [0, 0.1) is 5.41 Å².